The fourth-order valence-corrected chi connectivity index (χ4v) is 1.25. The topological polar surface area (TPSA) is 37.8 Å². The molecule has 1 N–H and O–H groups in total. The van der Waals surface area contributed by atoms with Gasteiger partial charge in [-0.25, -0.2) is 4.79 Å². The van der Waals surface area contributed by atoms with E-state index in [9.17, 15) is 4.79 Å². The van der Waals surface area contributed by atoms with E-state index in [1.807, 2.05) is 20.8 Å². The Balaban J connectivity index is 3.18. The molecule has 0 atom stereocenters. The molecule has 0 aromatic carbocycles. The molecule has 0 radical (unpaired) electrons. The van der Waals surface area contributed by atoms with Crippen LogP contribution in [-0.4, -0.2) is 9.55 Å². The zero-order valence-corrected chi connectivity index (χ0v) is 7.22. The zero-order valence-electron chi connectivity index (χ0n) is 7.22. The van der Waals surface area contributed by atoms with Crippen LogP contribution in [0.25, 0.3) is 0 Å². The van der Waals surface area contributed by atoms with Crippen LogP contribution in [0, 0.1) is 0 Å². The van der Waals surface area contributed by atoms with Gasteiger partial charge in [-0.3, -0.25) is 4.57 Å². The monoisotopic (exact) mass is 154 g/mol. The van der Waals surface area contributed by atoms with Gasteiger partial charge in [0.2, 0.25) is 0 Å². The Morgan fingerprint density at radius 2 is 2.27 bits per heavy atom. The van der Waals surface area contributed by atoms with Gasteiger partial charge in [0, 0.05) is 17.9 Å². The van der Waals surface area contributed by atoms with Crippen LogP contribution in [0.5, 0.6) is 0 Å². The Kier molecular flexibility index (Phi) is 2.17. The van der Waals surface area contributed by atoms with Crippen molar-refractivity contribution in [1.82, 2.24) is 9.55 Å². The number of H-pyrrole nitrogens is 1. The number of nitrogens with zero attached hydrogens (tertiary/aromatic N) is 1. The van der Waals surface area contributed by atoms with Crippen molar-refractivity contribution in [1.29, 1.82) is 0 Å². The fourth-order valence-electron chi connectivity index (χ4n) is 1.25. The number of imidazole rings is 1. The van der Waals surface area contributed by atoms with Crippen molar-refractivity contribution >= 4 is 0 Å². The summed E-state index contributed by atoms with van der Waals surface area (Å²) in [6, 6.07) is 0.253. The molecule has 0 aliphatic rings. The van der Waals surface area contributed by atoms with Crippen LogP contribution >= 0.6 is 0 Å². The standard InChI is InChI=1S/C8H14N2O/c1-4-7-5-9-8(11)10(7)6(2)3/h5-6H,4H2,1-3H3,(H,9,11). The number of nitrogens with one attached hydrogen (secondary N) is 1. The molecule has 1 rings (SSSR count). The summed E-state index contributed by atoms with van der Waals surface area (Å²) in [6.07, 6.45) is 2.68. The van der Waals surface area contributed by atoms with Crippen LogP contribution in [0.4, 0.5) is 0 Å². The zero-order chi connectivity index (χ0) is 8.43. The fraction of sp³-hybridized carbons (Fsp3) is 0.625. The lowest BCUT2D eigenvalue weighted by molar-refractivity contribution is 0.558. The van der Waals surface area contributed by atoms with E-state index in [0.29, 0.717) is 0 Å². The highest BCUT2D eigenvalue weighted by atomic mass is 16.1. The molecule has 0 saturated heterocycles. The highest BCUT2D eigenvalue weighted by Crippen LogP contribution is 2.04. The third-order valence-corrected chi connectivity index (χ3v) is 1.77. The molecule has 0 fully saturated rings. The van der Waals surface area contributed by atoms with Gasteiger partial charge in [-0.15, -0.1) is 0 Å². The summed E-state index contributed by atoms with van der Waals surface area (Å²) < 4.78 is 1.78. The molecule has 11 heavy (non-hydrogen) atoms. The second-order valence-electron chi connectivity index (χ2n) is 2.90. The minimum atomic E-state index is -0.00292. The molecule has 1 aromatic heterocycles. The maximum atomic E-state index is 11.1. The van der Waals surface area contributed by atoms with E-state index in [4.69, 9.17) is 0 Å². The van der Waals surface area contributed by atoms with E-state index >= 15 is 0 Å². The minimum absolute atomic E-state index is 0.00292. The molecule has 1 heterocycles. The van der Waals surface area contributed by atoms with Gasteiger partial charge in [0.25, 0.3) is 0 Å². The van der Waals surface area contributed by atoms with Crippen LogP contribution in [0.15, 0.2) is 11.0 Å². The van der Waals surface area contributed by atoms with Crippen molar-refractivity contribution in [3.05, 3.63) is 22.4 Å². The number of hydrogen-bond acceptors (Lipinski definition) is 1. The average Bonchev–Trinajstić information content (AvgIpc) is 2.30. The van der Waals surface area contributed by atoms with Gasteiger partial charge in [-0.2, -0.15) is 0 Å². The van der Waals surface area contributed by atoms with Gasteiger partial charge in [0.15, 0.2) is 0 Å². The summed E-state index contributed by atoms with van der Waals surface area (Å²) in [6.45, 7) is 6.06. The maximum Gasteiger partial charge on any atom is 0.325 e. The number of hydrogen-bond donors (Lipinski definition) is 1. The molecule has 0 bridgehead atoms. The highest BCUT2D eigenvalue weighted by Gasteiger charge is 2.06. The largest absolute Gasteiger partial charge is 0.325 e. The van der Waals surface area contributed by atoms with E-state index < -0.39 is 0 Å². The molecule has 0 saturated carbocycles. The molecule has 0 spiro atoms. The predicted octanol–water partition coefficient (Wildman–Crippen LogP) is 1.32. The summed E-state index contributed by atoms with van der Waals surface area (Å²) in [5, 5.41) is 0. The van der Waals surface area contributed by atoms with Crippen LogP contribution in [-0.2, 0) is 6.42 Å². The number of rotatable bonds is 2. The molecule has 0 aliphatic carbocycles. The Labute approximate surface area is 66.1 Å². The molecule has 0 unspecified atom stereocenters. The summed E-state index contributed by atoms with van der Waals surface area (Å²) in [5.41, 5.74) is 1.07. The summed E-state index contributed by atoms with van der Waals surface area (Å²) >= 11 is 0. The van der Waals surface area contributed by atoms with Gasteiger partial charge in [-0.05, 0) is 20.3 Å². The number of aryl methyl sites for hydroxylation is 1. The Morgan fingerprint density at radius 3 is 2.64 bits per heavy atom. The smallest absolute Gasteiger partial charge is 0.312 e. The van der Waals surface area contributed by atoms with E-state index in [0.717, 1.165) is 12.1 Å². The first kappa shape index (κ1) is 8.11. The SMILES string of the molecule is CCc1c[nH]c(=O)n1C(C)C. The molecule has 3 heteroatoms. The number of aromatic amines is 1. The Bertz CT molecular complexity index is 283. The average molecular weight is 154 g/mol. The normalized spacial score (nSPS) is 10.9. The molecule has 0 amide bonds. The molecule has 0 aliphatic heterocycles. The third kappa shape index (κ3) is 1.37. The summed E-state index contributed by atoms with van der Waals surface area (Å²) in [4.78, 5) is 13.8. The lowest BCUT2D eigenvalue weighted by atomic mass is 10.3. The van der Waals surface area contributed by atoms with Crippen molar-refractivity contribution < 1.29 is 0 Å². The van der Waals surface area contributed by atoms with Crippen LogP contribution in [0.2, 0.25) is 0 Å². The van der Waals surface area contributed by atoms with E-state index in [1.165, 1.54) is 0 Å². The van der Waals surface area contributed by atoms with Gasteiger partial charge >= 0.3 is 5.69 Å². The van der Waals surface area contributed by atoms with Crippen LogP contribution in [0.1, 0.15) is 32.5 Å². The first-order chi connectivity index (χ1) is 5.16. The van der Waals surface area contributed by atoms with Crippen molar-refractivity contribution in [3.8, 4) is 0 Å². The van der Waals surface area contributed by atoms with E-state index in [-0.39, 0.29) is 11.7 Å². The van der Waals surface area contributed by atoms with Crippen molar-refractivity contribution in [2.75, 3.05) is 0 Å². The summed E-state index contributed by atoms with van der Waals surface area (Å²) in [7, 11) is 0. The Hall–Kier alpha value is -0.990. The minimum Gasteiger partial charge on any atom is -0.312 e. The van der Waals surface area contributed by atoms with E-state index in [2.05, 4.69) is 4.98 Å². The van der Waals surface area contributed by atoms with E-state index in [1.54, 1.807) is 10.8 Å². The molecular weight excluding hydrogens is 140 g/mol. The van der Waals surface area contributed by atoms with Gasteiger partial charge in [0.1, 0.15) is 0 Å². The quantitative estimate of drug-likeness (QED) is 0.685. The van der Waals surface area contributed by atoms with Gasteiger partial charge < -0.3 is 4.98 Å². The van der Waals surface area contributed by atoms with Crippen molar-refractivity contribution in [2.24, 2.45) is 0 Å². The maximum absolute atomic E-state index is 11.1. The molecule has 1 aromatic rings. The third-order valence-electron chi connectivity index (χ3n) is 1.77. The lowest BCUT2D eigenvalue weighted by Gasteiger charge is -2.08. The van der Waals surface area contributed by atoms with Crippen molar-refractivity contribution in [3.63, 3.8) is 0 Å². The highest BCUT2D eigenvalue weighted by molar-refractivity contribution is 4.99. The summed E-state index contributed by atoms with van der Waals surface area (Å²) in [5.74, 6) is 0. The first-order valence-corrected chi connectivity index (χ1v) is 3.95. The molecule has 62 valence electrons. The number of aromatic nitrogens is 2. The molecule has 3 nitrogen and oxygen atoms in total. The van der Waals surface area contributed by atoms with Crippen LogP contribution < -0.4 is 5.69 Å². The van der Waals surface area contributed by atoms with Gasteiger partial charge in [0.05, 0.1) is 0 Å². The second-order valence-corrected chi connectivity index (χ2v) is 2.90. The Morgan fingerprint density at radius 1 is 1.64 bits per heavy atom. The van der Waals surface area contributed by atoms with Gasteiger partial charge in [-0.1, -0.05) is 6.92 Å². The first-order valence-electron chi connectivity index (χ1n) is 3.95. The lowest BCUT2D eigenvalue weighted by Crippen LogP contribution is -2.20. The van der Waals surface area contributed by atoms with Crippen LogP contribution in [0.3, 0.4) is 0 Å². The molecular formula is C8H14N2O. The van der Waals surface area contributed by atoms with Crippen molar-refractivity contribution in [2.45, 2.75) is 33.2 Å². The second kappa shape index (κ2) is 2.95. The predicted molar refractivity (Wildman–Crippen MR) is 44.8 cm³/mol.